The van der Waals surface area contributed by atoms with Gasteiger partial charge in [0, 0.05) is 22.9 Å². The van der Waals surface area contributed by atoms with Crippen LogP contribution in [0.3, 0.4) is 0 Å². The molecule has 0 bridgehead atoms. The Morgan fingerprint density at radius 3 is 3.05 bits per heavy atom. The maximum absolute atomic E-state index is 12.2. The average Bonchev–Trinajstić information content (AvgIpc) is 2.82. The van der Waals surface area contributed by atoms with Gasteiger partial charge < -0.3 is 5.32 Å². The number of hydrogen-bond acceptors (Lipinski definition) is 2. The van der Waals surface area contributed by atoms with E-state index in [1.165, 1.54) is 5.56 Å². The third kappa shape index (κ3) is 2.46. The van der Waals surface area contributed by atoms with Crippen molar-refractivity contribution in [3.63, 3.8) is 0 Å². The quantitative estimate of drug-likeness (QED) is 0.875. The van der Waals surface area contributed by atoms with Crippen molar-refractivity contribution in [2.24, 2.45) is 0 Å². The number of nitrogens with one attached hydrogen (secondary N) is 1. The van der Waals surface area contributed by atoms with E-state index >= 15 is 0 Å². The molecule has 0 atom stereocenters. The monoisotopic (exact) mass is 317 g/mol. The van der Waals surface area contributed by atoms with Crippen molar-refractivity contribution >= 4 is 33.3 Å². The summed E-state index contributed by atoms with van der Waals surface area (Å²) in [6, 6.07) is 9.49. The molecule has 1 N–H and O–H groups in total. The fraction of sp³-hybridized carbons (Fsp3) is 0.143. The zero-order chi connectivity index (χ0) is 13.2. The molecule has 4 nitrogen and oxygen atoms in total. The third-order valence-corrected chi connectivity index (χ3v) is 3.59. The summed E-state index contributed by atoms with van der Waals surface area (Å²) in [5.41, 5.74) is 2.87. The fourth-order valence-corrected chi connectivity index (χ4v) is 2.62. The molecule has 0 spiro atoms. The molecule has 0 fully saturated rings. The predicted molar refractivity (Wildman–Crippen MR) is 78.4 cm³/mol. The van der Waals surface area contributed by atoms with Crippen molar-refractivity contribution in [3.05, 3.63) is 52.8 Å². The zero-order valence-corrected chi connectivity index (χ0v) is 11.7. The minimum Gasteiger partial charge on any atom is -0.306 e. The van der Waals surface area contributed by atoms with E-state index in [9.17, 15) is 4.79 Å². The Morgan fingerprint density at radius 2 is 2.26 bits per heavy atom. The number of aromatic nitrogens is 1. The van der Waals surface area contributed by atoms with Gasteiger partial charge in [-0.05, 0) is 42.3 Å². The van der Waals surface area contributed by atoms with Gasteiger partial charge >= 0.3 is 6.03 Å². The van der Waals surface area contributed by atoms with Crippen LogP contribution in [0.5, 0.6) is 0 Å². The Labute approximate surface area is 119 Å². The van der Waals surface area contributed by atoms with Gasteiger partial charge in [-0.3, -0.25) is 9.88 Å². The molecule has 1 aliphatic rings. The smallest absolute Gasteiger partial charge is 0.306 e. The number of carbonyl (C=O) groups excluding carboxylic acids is 1. The maximum Gasteiger partial charge on any atom is 0.326 e. The van der Waals surface area contributed by atoms with Crippen LogP contribution in [-0.2, 0) is 6.42 Å². The Hall–Kier alpha value is -1.88. The molecule has 2 heterocycles. The Morgan fingerprint density at radius 1 is 1.37 bits per heavy atom. The van der Waals surface area contributed by atoms with Gasteiger partial charge in [-0.2, -0.15) is 0 Å². The topological polar surface area (TPSA) is 45.2 Å². The molecule has 0 unspecified atom stereocenters. The highest BCUT2D eigenvalue weighted by Gasteiger charge is 2.24. The molecule has 0 radical (unpaired) electrons. The lowest BCUT2D eigenvalue weighted by molar-refractivity contribution is 0.257. The summed E-state index contributed by atoms with van der Waals surface area (Å²) in [4.78, 5) is 18.0. The normalized spacial score (nSPS) is 13.2. The van der Waals surface area contributed by atoms with E-state index in [0.717, 1.165) is 16.6 Å². The number of urea groups is 1. The zero-order valence-electron chi connectivity index (χ0n) is 10.1. The van der Waals surface area contributed by atoms with Crippen LogP contribution in [0.1, 0.15) is 5.56 Å². The number of carbonyl (C=O) groups is 1. The highest BCUT2D eigenvalue weighted by Crippen LogP contribution is 2.30. The standard InChI is InChI=1S/C14H12BrN3O/c15-11-3-4-13-10(8-11)5-7-18(13)14(19)17-12-2-1-6-16-9-12/h1-4,6,8-9H,5,7H2,(H,17,19). The van der Waals surface area contributed by atoms with Gasteiger partial charge in [0.2, 0.25) is 0 Å². The molecule has 5 heteroatoms. The number of halogens is 1. The van der Waals surface area contributed by atoms with Gasteiger partial charge in [0.15, 0.2) is 0 Å². The van der Waals surface area contributed by atoms with Gasteiger partial charge in [-0.1, -0.05) is 15.9 Å². The van der Waals surface area contributed by atoms with Crippen molar-refractivity contribution in [3.8, 4) is 0 Å². The molecule has 2 amide bonds. The summed E-state index contributed by atoms with van der Waals surface area (Å²) in [7, 11) is 0. The van der Waals surface area contributed by atoms with Crippen molar-refractivity contribution in [1.29, 1.82) is 0 Å². The minimum absolute atomic E-state index is 0.117. The van der Waals surface area contributed by atoms with Crippen LogP contribution in [0.2, 0.25) is 0 Å². The Balaban J connectivity index is 1.80. The lowest BCUT2D eigenvalue weighted by atomic mass is 10.2. The summed E-state index contributed by atoms with van der Waals surface area (Å²) < 4.78 is 1.04. The molecule has 0 aliphatic carbocycles. The van der Waals surface area contributed by atoms with Crippen LogP contribution in [0.25, 0.3) is 0 Å². The van der Waals surface area contributed by atoms with Crippen molar-refractivity contribution in [2.45, 2.75) is 6.42 Å². The van der Waals surface area contributed by atoms with Crippen LogP contribution < -0.4 is 10.2 Å². The van der Waals surface area contributed by atoms with Crippen LogP contribution in [0.15, 0.2) is 47.2 Å². The van der Waals surface area contributed by atoms with E-state index in [4.69, 9.17) is 0 Å². The third-order valence-electron chi connectivity index (χ3n) is 3.10. The average molecular weight is 318 g/mol. The lowest BCUT2D eigenvalue weighted by Crippen LogP contribution is -2.33. The summed E-state index contributed by atoms with van der Waals surface area (Å²) in [5.74, 6) is 0. The maximum atomic E-state index is 12.2. The van der Waals surface area contributed by atoms with Crippen molar-refractivity contribution in [1.82, 2.24) is 4.98 Å². The van der Waals surface area contributed by atoms with E-state index in [-0.39, 0.29) is 6.03 Å². The van der Waals surface area contributed by atoms with Gasteiger partial charge in [-0.25, -0.2) is 4.79 Å². The largest absolute Gasteiger partial charge is 0.326 e. The second-order valence-electron chi connectivity index (χ2n) is 4.35. The molecule has 0 saturated heterocycles. The number of pyridine rings is 1. The number of fused-ring (bicyclic) bond motifs is 1. The molecule has 1 aromatic carbocycles. The minimum atomic E-state index is -0.117. The summed E-state index contributed by atoms with van der Waals surface area (Å²) in [5, 5.41) is 2.85. The van der Waals surface area contributed by atoms with E-state index in [2.05, 4.69) is 32.3 Å². The lowest BCUT2D eigenvalue weighted by Gasteiger charge is -2.18. The Bertz CT molecular complexity index is 615. The predicted octanol–water partition coefficient (Wildman–Crippen LogP) is 3.44. The van der Waals surface area contributed by atoms with Gasteiger partial charge in [0.1, 0.15) is 0 Å². The van der Waals surface area contributed by atoms with Crippen LogP contribution >= 0.6 is 15.9 Å². The number of hydrogen-bond donors (Lipinski definition) is 1. The van der Waals surface area contributed by atoms with Crippen LogP contribution in [-0.4, -0.2) is 17.6 Å². The van der Waals surface area contributed by atoms with Gasteiger partial charge in [0.05, 0.1) is 11.9 Å². The molecule has 96 valence electrons. The first-order chi connectivity index (χ1) is 9.24. The van der Waals surface area contributed by atoms with E-state index < -0.39 is 0 Å². The molecule has 3 rings (SSSR count). The molecule has 1 aliphatic heterocycles. The first-order valence-electron chi connectivity index (χ1n) is 6.01. The first-order valence-corrected chi connectivity index (χ1v) is 6.80. The molecular weight excluding hydrogens is 306 g/mol. The number of benzene rings is 1. The SMILES string of the molecule is O=C(Nc1cccnc1)N1CCc2cc(Br)ccc21. The molecular formula is C14H12BrN3O. The van der Waals surface area contributed by atoms with E-state index in [0.29, 0.717) is 12.2 Å². The van der Waals surface area contributed by atoms with Gasteiger partial charge in [-0.15, -0.1) is 0 Å². The molecule has 1 aromatic heterocycles. The number of anilines is 2. The van der Waals surface area contributed by atoms with E-state index in [1.54, 1.807) is 23.4 Å². The summed E-state index contributed by atoms with van der Waals surface area (Å²) in [6.07, 6.45) is 4.20. The fourth-order valence-electron chi connectivity index (χ4n) is 2.21. The van der Waals surface area contributed by atoms with Crippen LogP contribution in [0.4, 0.5) is 16.2 Å². The second-order valence-corrected chi connectivity index (χ2v) is 5.26. The van der Waals surface area contributed by atoms with Crippen LogP contribution in [0, 0.1) is 0 Å². The highest BCUT2D eigenvalue weighted by molar-refractivity contribution is 9.10. The van der Waals surface area contributed by atoms with Crippen molar-refractivity contribution in [2.75, 3.05) is 16.8 Å². The highest BCUT2D eigenvalue weighted by atomic mass is 79.9. The van der Waals surface area contributed by atoms with E-state index in [1.807, 2.05) is 18.2 Å². The summed E-state index contributed by atoms with van der Waals surface area (Å²) in [6.45, 7) is 0.706. The molecule has 2 aromatic rings. The van der Waals surface area contributed by atoms with Crippen molar-refractivity contribution < 1.29 is 4.79 Å². The molecule has 19 heavy (non-hydrogen) atoms. The summed E-state index contributed by atoms with van der Waals surface area (Å²) >= 11 is 3.45. The number of amides is 2. The molecule has 0 saturated carbocycles. The number of nitrogens with zero attached hydrogens (tertiary/aromatic N) is 2. The second kappa shape index (κ2) is 5.01. The Kier molecular flexibility index (Phi) is 3.21. The first kappa shape index (κ1) is 12.2. The number of rotatable bonds is 1. The van der Waals surface area contributed by atoms with Gasteiger partial charge in [0.25, 0.3) is 0 Å².